The van der Waals surface area contributed by atoms with Gasteiger partial charge in [0.05, 0.1) is 5.58 Å². The molecule has 8 rings (SSSR count). The molecule has 8 aromatic rings. The fourth-order valence-corrected chi connectivity index (χ4v) is 5.10. The van der Waals surface area contributed by atoms with Crippen LogP contribution in [0.5, 0.6) is 0 Å². The van der Waals surface area contributed by atoms with Crippen LogP contribution in [0.4, 0.5) is 0 Å². The Balaban J connectivity index is 0.000000201. The zero-order valence-corrected chi connectivity index (χ0v) is 26.9. The molecule has 4 aromatic heterocycles. The summed E-state index contributed by atoms with van der Waals surface area (Å²) in [6.07, 6.45) is 3.24. The number of hydrogen-bond acceptors (Lipinski definition) is 5. The molecule has 0 spiro atoms. The quantitative estimate of drug-likeness (QED) is 0.167. The first-order valence-corrected chi connectivity index (χ1v) is 14.4. The Morgan fingerprint density at radius 2 is 1.62 bits per heavy atom. The molecular weight excluding hydrogens is 735 g/mol. The molecule has 0 atom stereocenters. The Labute approximate surface area is 279 Å². The van der Waals surface area contributed by atoms with Gasteiger partial charge in [-0.05, 0) is 54.0 Å². The van der Waals surface area contributed by atoms with E-state index in [1.807, 2.05) is 79.0 Å². The number of pyridine rings is 2. The van der Waals surface area contributed by atoms with Crippen LogP contribution < -0.4 is 0 Å². The third-order valence-corrected chi connectivity index (χ3v) is 7.42. The summed E-state index contributed by atoms with van der Waals surface area (Å²) in [4.78, 5) is 13.4. The van der Waals surface area contributed by atoms with Crippen molar-refractivity contribution < 1.29 is 33.1 Å². The van der Waals surface area contributed by atoms with Gasteiger partial charge >= 0.3 is 0 Å². The second-order valence-electron chi connectivity index (χ2n) is 10.7. The van der Waals surface area contributed by atoms with Gasteiger partial charge in [-0.2, -0.15) is 0 Å². The second-order valence-corrected chi connectivity index (χ2v) is 10.7. The molecule has 0 aliphatic rings. The molecule has 45 heavy (non-hydrogen) atoms. The molecule has 1 radical (unpaired) electrons. The van der Waals surface area contributed by atoms with Gasteiger partial charge in [0, 0.05) is 53.6 Å². The number of benzene rings is 4. The van der Waals surface area contributed by atoms with E-state index >= 15 is 0 Å². The van der Waals surface area contributed by atoms with Gasteiger partial charge in [0.2, 0.25) is 5.89 Å². The molecule has 6 heteroatoms. The van der Waals surface area contributed by atoms with Gasteiger partial charge in [-0.3, -0.25) is 0 Å². The summed E-state index contributed by atoms with van der Waals surface area (Å²) < 4.78 is 34.1. The summed E-state index contributed by atoms with van der Waals surface area (Å²) in [6, 6.07) is 39.1. The first kappa shape index (κ1) is 26.5. The van der Waals surface area contributed by atoms with Crippen molar-refractivity contribution in [2.24, 2.45) is 0 Å². The summed E-state index contributed by atoms with van der Waals surface area (Å²) >= 11 is 0. The van der Waals surface area contributed by atoms with Crippen molar-refractivity contribution in [3.8, 4) is 34.0 Å². The van der Waals surface area contributed by atoms with E-state index in [-0.39, 0.29) is 25.7 Å². The van der Waals surface area contributed by atoms with Gasteiger partial charge in [-0.25, -0.2) is 4.98 Å². The third-order valence-electron chi connectivity index (χ3n) is 7.42. The minimum Gasteiger partial charge on any atom is -0.501 e. The zero-order valence-electron chi connectivity index (χ0n) is 27.5. The van der Waals surface area contributed by atoms with Crippen LogP contribution in [0.25, 0.3) is 67.0 Å². The number of fused-ring (bicyclic) bond motifs is 4. The van der Waals surface area contributed by atoms with Gasteiger partial charge in [-0.1, -0.05) is 66.8 Å². The number of aromatic nitrogens is 3. The molecule has 0 saturated carbocycles. The van der Waals surface area contributed by atoms with Crippen LogP contribution in [0.1, 0.15) is 35.0 Å². The second kappa shape index (κ2) is 13.0. The fourth-order valence-electron chi connectivity index (χ4n) is 5.10. The SMILES string of the molecule is CC(C)c1ccnc(-c2[c-]ccc3c2oc2cc4nc(-c5ccccc5)oc4cc23)c1.[2H]C([2H])([2H])c1ccc(-c2[c-]cccc2)nc1.[Ir]. The molecule has 0 bridgehead atoms. The van der Waals surface area contributed by atoms with Gasteiger partial charge in [0.25, 0.3) is 0 Å². The van der Waals surface area contributed by atoms with Crippen LogP contribution in [0.3, 0.4) is 0 Å². The van der Waals surface area contributed by atoms with Crippen molar-refractivity contribution >= 4 is 33.0 Å². The average molecular weight is 767 g/mol. The topological polar surface area (TPSA) is 65.0 Å². The number of hydrogen-bond donors (Lipinski definition) is 0. The monoisotopic (exact) mass is 767 g/mol. The van der Waals surface area contributed by atoms with Crippen LogP contribution in [0.2, 0.25) is 0 Å². The normalized spacial score (nSPS) is 12.3. The van der Waals surface area contributed by atoms with E-state index in [1.54, 1.807) is 18.2 Å². The molecule has 0 amide bonds. The molecule has 223 valence electrons. The first-order chi connectivity index (χ1) is 22.7. The number of aryl methyl sites for hydroxylation is 1. The van der Waals surface area contributed by atoms with E-state index in [2.05, 4.69) is 53.1 Å². The molecule has 0 N–H and O–H groups in total. The van der Waals surface area contributed by atoms with E-state index < -0.39 is 6.85 Å². The summed E-state index contributed by atoms with van der Waals surface area (Å²) in [6.45, 7) is 2.26. The Kier molecular flexibility index (Phi) is 7.65. The molecule has 4 heterocycles. The maximum absolute atomic E-state index is 7.23. The molecule has 5 nitrogen and oxygen atoms in total. The fraction of sp³-hybridized carbons (Fsp3) is 0.103. The van der Waals surface area contributed by atoms with Crippen LogP contribution in [-0.4, -0.2) is 15.0 Å². The zero-order chi connectivity index (χ0) is 32.5. The number of nitrogens with zero attached hydrogens (tertiary/aromatic N) is 3. The predicted octanol–water partition coefficient (Wildman–Crippen LogP) is 10.2. The Morgan fingerprint density at radius 1 is 0.756 bits per heavy atom. The van der Waals surface area contributed by atoms with Crippen molar-refractivity contribution in [3.05, 3.63) is 139 Å². The summed E-state index contributed by atoms with van der Waals surface area (Å²) in [5.74, 6) is 1.03. The Morgan fingerprint density at radius 3 is 2.38 bits per heavy atom. The van der Waals surface area contributed by atoms with E-state index in [0.717, 1.165) is 61.1 Å². The molecule has 0 aliphatic carbocycles. The molecular formula is C39H29IrN3O2-2. The van der Waals surface area contributed by atoms with Crippen molar-refractivity contribution in [2.45, 2.75) is 26.6 Å². The smallest absolute Gasteiger partial charge is 0.227 e. The van der Waals surface area contributed by atoms with Crippen molar-refractivity contribution in [1.82, 2.24) is 15.0 Å². The minimum atomic E-state index is -2.09. The molecule has 0 saturated heterocycles. The van der Waals surface area contributed by atoms with Crippen LogP contribution >= 0.6 is 0 Å². The van der Waals surface area contributed by atoms with Crippen LogP contribution in [0.15, 0.2) is 124 Å². The maximum atomic E-state index is 7.23. The minimum absolute atomic E-state index is 0. The number of rotatable bonds is 4. The maximum Gasteiger partial charge on any atom is 0.227 e. The van der Waals surface area contributed by atoms with E-state index in [4.69, 9.17) is 12.9 Å². The predicted molar refractivity (Wildman–Crippen MR) is 176 cm³/mol. The van der Waals surface area contributed by atoms with Crippen LogP contribution in [-0.2, 0) is 20.1 Å². The molecule has 4 aromatic carbocycles. The van der Waals surface area contributed by atoms with E-state index in [9.17, 15) is 0 Å². The standard InChI is InChI=1S/C27H19N2O2.C12H10N.Ir/c1-16(2)18-11-12-28-22(13-18)20-10-6-9-19-21-14-25-23(15-24(21)30-26(19)20)29-27(31-25)17-7-4-3-5-8-17;1-10-7-8-12(13-9-10)11-5-3-2-4-6-11;/h3-9,11-16H,1-2H3;2-5,7-9H,1H3;/q2*-1;/i;1D3;. The summed E-state index contributed by atoms with van der Waals surface area (Å²) in [5, 5.41) is 2.01. The number of oxazole rings is 1. The van der Waals surface area contributed by atoms with E-state index in [1.165, 1.54) is 11.8 Å². The van der Waals surface area contributed by atoms with Gasteiger partial charge < -0.3 is 18.8 Å². The Bertz CT molecular complexity index is 2320. The third kappa shape index (κ3) is 6.21. The van der Waals surface area contributed by atoms with Crippen molar-refractivity contribution in [3.63, 3.8) is 0 Å². The molecule has 0 aliphatic heterocycles. The van der Waals surface area contributed by atoms with Gasteiger partial charge in [-0.15, -0.1) is 54.1 Å². The Hall–Kier alpha value is -4.90. The van der Waals surface area contributed by atoms with Crippen molar-refractivity contribution in [2.75, 3.05) is 0 Å². The van der Waals surface area contributed by atoms with Crippen LogP contribution in [0, 0.1) is 19.0 Å². The van der Waals surface area contributed by atoms with Crippen molar-refractivity contribution in [1.29, 1.82) is 0 Å². The number of furan rings is 1. The van der Waals surface area contributed by atoms with Gasteiger partial charge in [0.1, 0.15) is 11.1 Å². The summed E-state index contributed by atoms with van der Waals surface area (Å²) in [7, 11) is 0. The molecule has 0 fully saturated rings. The molecule has 0 unspecified atom stereocenters. The first-order valence-electron chi connectivity index (χ1n) is 15.9. The van der Waals surface area contributed by atoms with E-state index in [0.29, 0.717) is 11.8 Å². The summed E-state index contributed by atoms with van der Waals surface area (Å²) in [5.41, 5.74) is 8.84. The van der Waals surface area contributed by atoms with Gasteiger partial charge in [0.15, 0.2) is 5.58 Å². The largest absolute Gasteiger partial charge is 0.501 e. The average Bonchev–Trinajstić information content (AvgIpc) is 3.68.